The summed E-state index contributed by atoms with van der Waals surface area (Å²) >= 11 is 0. The van der Waals surface area contributed by atoms with Gasteiger partial charge < -0.3 is 24.9 Å². The molecule has 7 heteroatoms. The van der Waals surface area contributed by atoms with E-state index in [4.69, 9.17) is 9.15 Å². The number of rotatable bonds is 4. The van der Waals surface area contributed by atoms with Gasteiger partial charge in [-0.1, -0.05) is 6.07 Å². The number of phenolic OH excluding ortho intramolecular Hbond substituents is 1. The Morgan fingerprint density at radius 3 is 2.92 bits per heavy atom. The first-order valence-corrected chi connectivity index (χ1v) is 7.33. The predicted molar refractivity (Wildman–Crippen MR) is 89.3 cm³/mol. The van der Waals surface area contributed by atoms with E-state index in [1.807, 2.05) is 0 Å². The van der Waals surface area contributed by atoms with Crippen LogP contribution in [0.3, 0.4) is 0 Å². The third-order valence-electron chi connectivity index (χ3n) is 3.45. The van der Waals surface area contributed by atoms with Crippen LogP contribution in [-0.2, 0) is 6.54 Å². The number of aromatic nitrogens is 1. The summed E-state index contributed by atoms with van der Waals surface area (Å²) < 4.78 is 10.5. The van der Waals surface area contributed by atoms with Gasteiger partial charge in [0.1, 0.15) is 5.52 Å². The van der Waals surface area contributed by atoms with Gasteiger partial charge in [-0.25, -0.2) is 9.78 Å². The molecule has 3 rings (SSSR count). The fourth-order valence-electron chi connectivity index (χ4n) is 2.31. The summed E-state index contributed by atoms with van der Waals surface area (Å²) in [5.74, 6) is 0.995. The van der Waals surface area contributed by atoms with Gasteiger partial charge in [-0.15, -0.1) is 0 Å². The van der Waals surface area contributed by atoms with E-state index in [0.29, 0.717) is 29.5 Å². The number of amides is 2. The lowest BCUT2D eigenvalue weighted by Gasteiger charge is -2.09. The van der Waals surface area contributed by atoms with E-state index in [0.717, 1.165) is 11.1 Å². The summed E-state index contributed by atoms with van der Waals surface area (Å²) in [5, 5.41) is 15.0. The second kappa shape index (κ2) is 6.49. The number of nitrogens with one attached hydrogen (secondary N) is 2. The van der Waals surface area contributed by atoms with Crippen LogP contribution in [0.4, 0.5) is 10.5 Å². The second-order valence-electron chi connectivity index (χ2n) is 5.23. The van der Waals surface area contributed by atoms with Crippen LogP contribution in [0.1, 0.15) is 11.5 Å². The van der Waals surface area contributed by atoms with Crippen molar-refractivity contribution in [3.05, 3.63) is 47.9 Å². The van der Waals surface area contributed by atoms with Crippen molar-refractivity contribution in [3.63, 3.8) is 0 Å². The Balaban J connectivity index is 1.62. The van der Waals surface area contributed by atoms with Gasteiger partial charge in [0.2, 0.25) is 0 Å². The molecule has 1 heterocycles. The highest BCUT2D eigenvalue weighted by Gasteiger charge is 2.07. The standard InChI is InChI=1S/C17H17N3O4/c1-10-19-13-5-4-12(8-15(13)24-10)20-17(22)18-9-11-3-6-14(21)16(7-11)23-2/h3-8,21H,9H2,1-2H3,(H2,18,20,22). The van der Waals surface area contributed by atoms with E-state index >= 15 is 0 Å². The molecule has 124 valence electrons. The molecule has 3 aromatic rings. The summed E-state index contributed by atoms with van der Waals surface area (Å²) in [6.07, 6.45) is 0. The molecule has 0 aliphatic rings. The Labute approximate surface area is 138 Å². The van der Waals surface area contributed by atoms with Gasteiger partial charge in [0.05, 0.1) is 7.11 Å². The Kier molecular flexibility index (Phi) is 4.24. The van der Waals surface area contributed by atoms with Crippen LogP contribution in [-0.4, -0.2) is 23.2 Å². The fraction of sp³-hybridized carbons (Fsp3) is 0.176. The average Bonchev–Trinajstić information content (AvgIpc) is 2.93. The van der Waals surface area contributed by atoms with Crippen LogP contribution < -0.4 is 15.4 Å². The van der Waals surface area contributed by atoms with Gasteiger partial charge in [-0.2, -0.15) is 0 Å². The zero-order valence-electron chi connectivity index (χ0n) is 13.3. The van der Waals surface area contributed by atoms with Gasteiger partial charge in [0, 0.05) is 25.2 Å². The van der Waals surface area contributed by atoms with E-state index in [9.17, 15) is 9.90 Å². The molecular formula is C17H17N3O4. The number of hydrogen-bond acceptors (Lipinski definition) is 5. The molecule has 1 aromatic heterocycles. The maximum atomic E-state index is 12.0. The quantitative estimate of drug-likeness (QED) is 0.684. The van der Waals surface area contributed by atoms with Crippen LogP contribution in [0, 0.1) is 6.92 Å². The zero-order chi connectivity index (χ0) is 17.1. The molecule has 0 fully saturated rings. The molecular weight excluding hydrogens is 310 g/mol. The number of nitrogens with zero attached hydrogens (tertiary/aromatic N) is 1. The van der Waals surface area contributed by atoms with Crippen LogP contribution >= 0.6 is 0 Å². The monoisotopic (exact) mass is 327 g/mol. The number of fused-ring (bicyclic) bond motifs is 1. The van der Waals surface area contributed by atoms with Crippen LogP contribution in [0.25, 0.3) is 11.1 Å². The Bertz CT molecular complexity index is 889. The van der Waals surface area contributed by atoms with Crippen molar-refractivity contribution in [1.82, 2.24) is 10.3 Å². The molecule has 0 aliphatic heterocycles. The molecule has 0 unspecified atom stereocenters. The van der Waals surface area contributed by atoms with Gasteiger partial charge in [-0.3, -0.25) is 0 Å². The van der Waals surface area contributed by atoms with Crippen molar-refractivity contribution < 1.29 is 19.1 Å². The Morgan fingerprint density at radius 1 is 1.29 bits per heavy atom. The lowest BCUT2D eigenvalue weighted by molar-refractivity contribution is 0.251. The highest BCUT2D eigenvalue weighted by atomic mass is 16.5. The van der Waals surface area contributed by atoms with Crippen molar-refractivity contribution in [3.8, 4) is 11.5 Å². The Morgan fingerprint density at radius 2 is 2.12 bits per heavy atom. The van der Waals surface area contributed by atoms with Crippen LogP contribution in [0.5, 0.6) is 11.5 Å². The van der Waals surface area contributed by atoms with E-state index in [2.05, 4.69) is 15.6 Å². The normalized spacial score (nSPS) is 10.6. The summed E-state index contributed by atoms with van der Waals surface area (Å²) in [7, 11) is 1.47. The minimum atomic E-state index is -0.349. The van der Waals surface area contributed by atoms with Crippen molar-refractivity contribution >= 4 is 22.8 Å². The average molecular weight is 327 g/mol. The van der Waals surface area contributed by atoms with Gasteiger partial charge in [0.15, 0.2) is 23.0 Å². The first-order chi connectivity index (χ1) is 11.5. The summed E-state index contributed by atoms with van der Waals surface area (Å²) in [5.41, 5.74) is 2.78. The number of methoxy groups -OCH3 is 1. The maximum Gasteiger partial charge on any atom is 0.319 e. The number of ether oxygens (including phenoxy) is 1. The highest BCUT2D eigenvalue weighted by Crippen LogP contribution is 2.26. The number of aromatic hydroxyl groups is 1. The van der Waals surface area contributed by atoms with E-state index in [1.165, 1.54) is 13.2 Å². The molecule has 0 radical (unpaired) electrons. The molecule has 7 nitrogen and oxygen atoms in total. The van der Waals surface area contributed by atoms with E-state index in [-0.39, 0.29) is 11.8 Å². The Hall–Kier alpha value is -3.22. The summed E-state index contributed by atoms with van der Waals surface area (Å²) in [6, 6.07) is 9.81. The molecule has 0 saturated heterocycles. The summed E-state index contributed by atoms with van der Waals surface area (Å²) in [6.45, 7) is 2.07. The van der Waals surface area contributed by atoms with Crippen molar-refractivity contribution in [2.75, 3.05) is 12.4 Å². The first-order valence-electron chi connectivity index (χ1n) is 7.33. The number of urea groups is 1. The van der Waals surface area contributed by atoms with Crippen molar-refractivity contribution in [1.29, 1.82) is 0 Å². The molecule has 2 amide bonds. The van der Waals surface area contributed by atoms with Crippen molar-refractivity contribution in [2.24, 2.45) is 0 Å². The maximum absolute atomic E-state index is 12.0. The number of benzene rings is 2. The number of oxazole rings is 1. The second-order valence-corrected chi connectivity index (χ2v) is 5.23. The molecule has 0 atom stereocenters. The minimum absolute atomic E-state index is 0.0568. The molecule has 2 aromatic carbocycles. The number of phenols is 1. The lowest BCUT2D eigenvalue weighted by Crippen LogP contribution is -2.28. The fourth-order valence-corrected chi connectivity index (χ4v) is 2.31. The summed E-state index contributed by atoms with van der Waals surface area (Å²) in [4.78, 5) is 16.2. The number of hydrogen-bond donors (Lipinski definition) is 3. The number of carbonyl (C=O) groups is 1. The van der Waals surface area contributed by atoms with Gasteiger partial charge in [-0.05, 0) is 29.8 Å². The minimum Gasteiger partial charge on any atom is -0.504 e. The zero-order valence-corrected chi connectivity index (χ0v) is 13.3. The SMILES string of the molecule is COc1cc(CNC(=O)Nc2ccc3nc(C)oc3c2)ccc1O. The number of carbonyl (C=O) groups excluding carboxylic acids is 1. The number of anilines is 1. The van der Waals surface area contributed by atoms with E-state index in [1.54, 1.807) is 37.3 Å². The molecule has 3 N–H and O–H groups in total. The smallest absolute Gasteiger partial charge is 0.319 e. The van der Waals surface area contributed by atoms with Gasteiger partial charge in [0.25, 0.3) is 0 Å². The van der Waals surface area contributed by atoms with Crippen LogP contribution in [0.2, 0.25) is 0 Å². The van der Waals surface area contributed by atoms with Gasteiger partial charge >= 0.3 is 6.03 Å². The highest BCUT2D eigenvalue weighted by molar-refractivity contribution is 5.91. The largest absolute Gasteiger partial charge is 0.504 e. The molecule has 0 bridgehead atoms. The molecule has 24 heavy (non-hydrogen) atoms. The molecule has 0 aliphatic carbocycles. The first kappa shape index (κ1) is 15.7. The van der Waals surface area contributed by atoms with Crippen molar-refractivity contribution in [2.45, 2.75) is 13.5 Å². The molecule has 0 spiro atoms. The molecule has 0 saturated carbocycles. The van der Waals surface area contributed by atoms with Crippen LogP contribution in [0.15, 0.2) is 40.8 Å². The third-order valence-corrected chi connectivity index (χ3v) is 3.45. The topological polar surface area (TPSA) is 96.6 Å². The predicted octanol–water partition coefficient (Wildman–Crippen LogP) is 3.17. The lowest BCUT2D eigenvalue weighted by atomic mass is 10.2. The third kappa shape index (κ3) is 3.40. The number of aryl methyl sites for hydroxylation is 1. The van der Waals surface area contributed by atoms with E-state index < -0.39 is 0 Å².